The molecule has 0 rings (SSSR count). The Balaban J connectivity index is 3.86. The predicted octanol–water partition coefficient (Wildman–Crippen LogP) is 5.64. The summed E-state index contributed by atoms with van der Waals surface area (Å²) >= 11 is 3.76. The van der Waals surface area contributed by atoms with Crippen molar-refractivity contribution < 1.29 is 4.79 Å². The van der Waals surface area contributed by atoms with E-state index in [-0.39, 0.29) is 5.12 Å². The van der Waals surface area contributed by atoms with Crippen molar-refractivity contribution in [3.8, 4) is 0 Å². The van der Waals surface area contributed by atoms with Crippen LogP contribution in [0.25, 0.3) is 0 Å². The molecule has 108 valence electrons. The van der Waals surface area contributed by atoms with Crippen molar-refractivity contribution >= 4 is 17.7 Å². The van der Waals surface area contributed by atoms with Crippen LogP contribution >= 0.6 is 12.6 Å². The van der Waals surface area contributed by atoms with Crippen LogP contribution in [0.5, 0.6) is 0 Å². The van der Waals surface area contributed by atoms with Gasteiger partial charge in [-0.25, -0.2) is 0 Å². The van der Waals surface area contributed by atoms with E-state index in [1.165, 1.54) is 16.7 Å². The normalized spacial score (nSPS) is 12.5. The third-order valence-corrected chi connectivity index (χ3v) is 3.20. The summed E-state index contributed by atoms with van der Waals surface area (Å²) in [6.45, 7) is 8.62. The van der Waals surface area contributed by atoms with Crippen molar-refractivity contribution in [3.63, 3.8) is 0 Å². The molecule has 0 N–H and O–H groups in total. The lowest BCUT2D eigenvalue weighted by atomic mass is 10.1. The number of carbonyl (C=O) groups is 1. The van der Waals surface area contributed by atoms with Crippen LogP contribution in [0.4, 0.5) is 0 Å². The van der Waals surface area contributed by atoms with E-state index in [1.807, 2.05) is 0 Å². The van der Waals surface area contributed by atoms with Crippen LogP contribution in [0, 0.1) is 0 Å². The van der Waals surface area contributed by atoms with Crippen molar-refractivity contribution in [3.05, 3.63) is 34.9 Å². The highest BCUT2D eigenvalue weighted by Crippen LogP contribution is 2.12. The number of carbonyl (C=O) groups excluding carboxylic acids is 1. The Kier molecular flexibility index (Phi) is 10.7. The number of hydrogen-bond acceptors (Lipinski definition) is 1. The molecule has 0 atom stereocenters. The number of rotatable bonds is 9. The van der Waals surface area contributed by atoms with Gasteiger partial charge in [0.25, 0.3) is 0 Å². The first kappa shape index (κ1) is 18.2. The number of thiol groups is 1. The summed E-state index contributed by atoms with van der Waals surface area (Å²) in [5.74, 6) is 0. The smallest absolute Gasteiger partial charge is 0.186 e. The van der Waals surface area contributed by atoms with Crippen molar-refractivity contribution in [1.82, 2.24) is 0 Å². The number of hydrogen-bond donors (Lipinski definition) is 1. The summed E-state index contributed by atoms with van der Waals surface area (Å²) in [5.41, 5.74) is 4.23. The quantitative estimate of drug-likeness (QED) is 0.427. The van der Waals surface area contributed by atoms with Gasteiger partial charge in [-0.2, -0.15) is 0 Å². The van der Waals surface area contributed by atoms with E-state index in [2.05, 4.69) is 58.6 Å². The van der Waals surface area contributed by atoms with Crippen molar-refractivity contribution in [2.45, 2.75) is 66.2 Å². The lowest BCUT2D eigenvalue weighted by Gasteiger charge is -2.01. The molecular formula is C17H28OS. The molecular weight excluding hydrogens is 252 g/mol. The fourth-order valence-electron chi connectivity index (χ4n) is 1.78. The van der Waals surface area contributed by atoms with Gasteiger partial charge in [0.15, 0.2) is 5.12 Å². The number of allylic oxidation sites excluding steroid dienone is 6. The van der Waals surface area contributed by atoms with E-state index in [9.17, 15) is 4.79 Å². The van der Waals surface area contributed by atoms with Crippen molar-refractivity contribution in [2.24, 2.45) is 0 Å². The highest BCUT2D eigenvalue weighted by molar-refractivity contribution is 7.96. The highest BCUT2D eigenvalue weighted by Gasteiger charge is 1.94. The molecule has 0 saturated carbocycles. The zero-order valence-electron chi connectivity index (χ0n) is 12.8. The fourth-order valence-corrected chi connectivity index (χ4v) is 1.91. The summed E-state index contributed by atoms with van der Waals surface area (Å²) in [6, 6.07) is 0. The first-order valence-corrected chi connectivity index (χ1v) is 7.53. The Morgan fingerprint density at radius 1 is 0.789 bits per heavy atom. The lowest BCUT2D eigenvalue weighted by Crippen LogP contribution is -1.85. The summed E-state index contributed by atoms with van der Waals surface area (Å²) < 4.78 is 0. The molecule has 0 aliphatic rings. The fraction of sp³-hybridized carbons (Fsp3) is 0.588. The Hall–Kier alpha value is -0.760. The molecule has 0 amide bonds. The van der Waals surface area contributed by atoms with Crippen LogP contribution in [-0.4, -0.2) is 5.12 Å². The van der Waals surface area contributed by atoms with Gasteiger partial charge in [-0.3, -0.25) is 4.79 Å². The minimum absolute atomic E-state index is 0.0286. The van der Waals surface area contributed by atoms with Gasteiger partial charge in [0, 0.05) is 6.42 Å². The Morgan fingerprint density at radius 3 is 1.63 bits per heavy atom. The van der Waals surface area contributed by atoms with Crippen molar-refractivity contribution in [1.29, 1.82) is 0 Å². The molecule has 0 saturated heterocycles. The van der Waals surface area contributed by atoms with Gasteiger partial charge in [0.1, 0.15) is 0 Å². The van der Waals surface area contributed by atoms with Crippen LogP contribution < -0.4 is 0 Å². The van der Waals surface area contributed by atoms with Gasteiger partial charge >= 0.3 is 0 Å². The van der Waals surface area contributed by atoms with Gasteiger partial charge in [0.2, 0.25) is 0 Å². The van der Waals surface area contributed by atoms with Crippen LogP contribution in [0.15, 0.2) is 34.9 Å². The van der Waals surface area contributed by atoms with Gasteiger partial charge in [0.05, 0.1) is 0 Å². The molecule has 0 fully saturated rings. The maximum Gasteiger partial charge on any atom is 0.186 e. The maximum atomic E-state index is 10.7. The van der Waals surface area contributed by atoms with Crippen LogP contribution in [-0.2, 0) is 4.79 Å². The summed E-state index contributed by atoms with van der Waals surface area (Å²) in [5, 5.41) is -0.0286. The van der Waals surface area contributed by atoms with Gasteiger partial charge in [-0.05, 0) is 59.8 Å². The van der Waals surface area contributed by atoms with Gasteiger partial charge in [-0.1, -0.05) is 34.9 Å². The average Bonchev–Trinajstić information content (AvgIpc) is 2.27. The van der Waals surface area contributed by atoms with E-state index in [4.69, 9.17) is 0 Å². The molecule has 0 aliphatic carbocycles. The first-order valence-electron chi connectivity index (χ1n) is 7.08. The van der Waals surface area contributed by atoms with Crippen LogP contribution in [0.2, 0.25) is 0 Å². The summed E-state index contributed by atoms with van der Waals surface area (Å²) in [6.07, 6.45) is 12.6. The maximum absolute atomic E-state index is 10.7. The van der Waals surface area contributed by atoms with Crippen LogP contribution in [0.1, 0.15) is 66.2 Å². The predicted molar refractivity (Wildman–Crippen MR) is 88.6 cm³/mol. The largest absolute Gasteiger partial charge is 0.287 e. The van der Waals surface area contributed by atoms with E-state index in [0.717, 1.165) is 32.1 Å². The molecule has 0 aromatic heterocycles. The summed E-state index contributed by atoms with van der Waals surface area (Å²) in [4.78, 5) is 10.7. The minimum atomic E-state index is -0.0286. The standard InChI is InChI=1S/C17H28OS/c1-14(2)8-5-9-15(3)10-6-11-16(4)12-7-13-17(18)19/h8,10,12H,5-7,9,11,13H2,1-4H3,(H,18,19)/b15-10?,16-12+. The zero-order chi connectivity index (χ0) is 14.7. The third-order valence-electron chi connectivity index (χ3n) is 2.97. The topological polar surface area (TPSA) is 17.1 Å². The van der Waals surface area contributed by atoms with E-state index >= 15 is 0 Å². The van der Waals surface area contributed by atoms with Crippen LogP contribution in [0.3, 0.4) is 0 Å². The second-order valence-electron chi connectivity index (χ2n) is 5.39. The Labute approximate surface area is 124 Å². The zero-order valence-corrected chi connectivity index (χ0v) is 13.7. The first-order chi connectivity index (χ1) is 8.91. The monoisotopic (exact) mass is 280 g/mol. The summed E-state index contributed by atoms with van der Waals surface area (Å²) in [7, 11) is 0. The van der Waals surface area contributed by atoms with Gasteiger partial charge in [-0.15, -0.1) is 12.6 Å². The Bertz CT molecular complexity index is 357. The molecule has 0 heterocycles. The second kappa shape index (κ2) is 11.1. The molecule has 19 heavy (non-hydrogen) atoms. The molecule has 0 aromatic rings. The molecule has 0 bridgehead atoms. The lowest BCUT2D eigenvalue weighted by molar-refractivity contribution is -0.110. The molecule has 0 aliphatic heterocycles. The average molecular weight is 280 g/mol. The minimum Gasteiger partial charge on any atom is -0.287 e. The molecule has 0 aromatic carbocycles. The molecule has 2 heteroatoms. The SMILES string of the molecule is CC(C)=CCCC(C)=CCC/C(C)=C/CCC(=O)S. The van der Waals surface area contributed by atoms with E-state index in [0.29, 0.717) is 6.42 Å². The molecule has 0 radical (unpaired) electrons. The Morgan fingerprint density at radius 2 is 1.21 bits per heavy atom. The van der Waals surface area contributed by atoms with E-state index < -0.39 is 0 Å². The van der Waals surface area contributed by atoms with E-state index in [1.54, 1.807) is 0 Å². The molecule has 0 spiro atoms. The molecule has 1 nitrogen and oxygen atoms in total. The third kappa shape index (κ3) is 13.5. The second-order valence-corrected chi connectivity index (χ2v) is 5.89. The van der Waals surface area contributed by atoms with Gasteiger partial charge < -0.3 is 0 Å². The molecule has 0 unspecified atom stereocenters. The highest BCUT2D eigenvalue weighted by atomic mass is 32.1. The van der Waals surface area contributed by atoms with Crippen molar-refractivity contribution in [2.75, 3.05) is 0 Å².